The van der Waals surface area contributed by atoms with E-state index in [1.165, 1.54) is 32.1 Å². The molecule has 1 saturated carbocycles. The lowest BCUT2D eigenvalue weighted by Crippen LogP contribution is -2.42. The summed E-state index contributed by atoms with van der Waals surface area (Å²) < 4.78 is 0. The molecule has 0 aromatic heterocycles. The molecule has 0 saturated heterocycles. The Morgan fingerprint density at radius 1 is 1.40 bits per heavy atom. The van der Waals surface area contributed by atoms with Crippen molar-refractivity contribution in [1.82, 2.24) is 5.43 Å². The first kappa shape index (κ1) is 8.02. The van der Waals surface area contributed by atoms with Gasteiger partial charge in [0, 0.05) is 6.04 Å². The van der Waals surface area contributed by atoms with Gasteiger partial charge < -0.3 is 0 Å². The standard InChI is InChI=1S/C8H18N2/c1-2-7-5-3-4-6-8(7)10-9/h7-8,10H,2-6,9H2,1H3/t7-,8-/m1/s1. The average Bonchev–Trinajstić information content (AvgIpc) is 2.04. The van der Waals surface area contributed by atoms with Crippen molar-refractivity contribution in [3.8, 4) is 0 Å². The zero-order valence-electron chi connectivity index (χ0n) is 6.77. The van der Waals surface area contributed by atoms with E-state index >= 15 is 0 Å². The van der Waals surface area contributed by atoms with Gasteiger partial charge in [0.05, 0.1) is 0 Å². The number of hydrogen-bond donors (Lipinski definition) is 2. The lowest BCUT2D eigenvalue weighted by Gasteiger charge is -2.29. The van der Waals surface area contributed by atoms with Gasteiger partial charge in [-0.3, -0.25) is 11.3 Å². The predicted molar refractivity (Wildman–Crippen MR) is 43.4 cm³/mol. The van der Waals surface area contributed by atoms with Crippen LogP contribution in [0.5, 0.6) is 0 Å². The summed E-state index contributed by atoms with van der Waals surface area (Å²) in [5, 5.41) is 0. The topological polar surface area (TPSA) is 38.0 Å². The molecule has 1 aliphatic carbocycles. The van der Waals surface area contributed by atoms with Gasteiger partial charge in [-0.2, -0.15) is 0 Å². The number of hydrazine groups is 1. The van der Waals surface area contributed by atoms with Crippen molar-refractivity contribution in [3.05, 3.63) is 0 Å². The summed E-state index contributed by atoms with van der Waals surface area (Å²) in [6.45, 7) is 2.25. The third-order valence-electron chi connectivity index (χ3n) is 2.65. The Bertz CT molecular complexity index is 81.3. The maximum absolute atomic E-state index is 5.42. The summed E-state index contributed by atoms with van der Waals surface area (Å²) in [4.78, 5) is 0. The van der Waals surface area contributed by atoms with Gasteiger partial charge >= 0.3 is 0 Å². The quantitative estimate of drug-likeness (QED) is 0.452. The second kappa shape index (κ2) is 3.94. The van der Waals surface area contributed by atoms with Crippen molar-refractivity contribution < 1.29 is 0 Å². The van der Waals surface area contributed by atoms with Crippen molar-refractivity contribution in [2.24, 2.45) is 11.8 Å². The van der Waals surface area contributed by atoms with Gasteiger partial charge in [0.2, 0.25) is 0 Å². The van der Waals surface area contributed by atoms with Gasteiger partial charge in [-0.1, -0.05) is 26.2 Å². The molecular weight excluding hydrogens is 124 g/mol. The zero-order valence-corrected chi connectivity index (χ0v) is 6.77. The van der Waals surface area contributed by atoms with Crippen LogP contribution in [-0.2, 0) is 0 Å². The van der Waals surface area contributed by atoms with Crippen LogP contribution in [0, 0.1) is 5.92 Å². The van der Waals surface area contributed by atoms with Gasteiger partial charge in [-0.05, 0) is 18.8 Å². The smallest absolute Gasteiger partial charge is 0.0238 e. The minimum Gasteiger partial charge on any atom is -0.271 e. The predicted octanol–water partition coefficient (Wildman–Crippen LogP) is 1.42. The average molecular weight is 142 g/mol. The van der Waals surface area contributed by atoms with E-state index in [-0.39, 0.29) is 0 Å². The second-order valence-electron chi connectivity index (χ2n) is 3.23. The van der Waals surface area contributed by atoms with E-state index < -0.39 is 0 Å². The molecule has 2 heteroatoms. The van der Waals surface area contributed by atoms with Crippen molar-refractivity contribution in [3.63, 3.8) is 0 Å². The summed E-state index contributed by atoms with van der Waals surface area (Å²) in [5.41, 5.74) is 2.90. The highest BCUT2D eigenvalue weighted by atomic mass is 15.2. The summed E-state index contributed by atoms with van der Waals surface area (Å²) in [6.07, 6.45) is 6.66. The first-order valence-corrected chi connectivity index (χ1v) is 4.34. The van der Waals surface area contributed by atoms with Gasteiger partial charge in [-0.15, -0.1) is 0 Å². The molecule has 0 unspecified atom stereocenters. The Morgan fingerprint density at radius 3 is 2.60 bits per heavy atom. The van der Waals surface area contributed by atoms with Crippen molar-refractivity contribution in [1.29, 1.82) is 0 Å². The Labute approximate surface area is 63.1 Å². The molecule has 2 nitrogen and oxygen atoms in total. The largest absolute Gasteiger partial charge is 0.271 e. The summed E-state index contributed by atoms with van der Waals surface area (Å²) in [7, 11) is 0. The fraction of sp³-hybridized carbons (Fsp3) is 1.00. The van der Waals surface area contributed by atoms with Crippen LogP contribution in [0.15, 0.2) is 0 Å². The third kappa shape index (κ3) is 1.70. The highest BCUT2D eigenvalue weighted by Crippen LogP contribution is 2.25. The van der Waals surface area contributed by atoms with E-state index in [9.17, 15) is 0 Å². The molecule has 60 valence electrons. The van der Waals surface area contributed by atoms with Crippen LogP contribution in [0.2, 0.25) is 0 Å². The first-order valence-electron chi connectivity index (χ1n) is 4.34. The van der Waals surface area contributed by atoms with Crippen molar-refractivity contribution >= 4 is 0 Å². The van der Waals surface area contributed by atoms with E-state index in [1.54, 1.807) is 0 Å². The third-order valence-corrected chi connectivity index (χ3v) is 2.65. The van der Waals surface area contributed by atoms with Gasteiger partial charge in [0.15, 0.2) is 0 Å². The molecule has 0 amide bonds. The maximum atomic E-state index is 5.42. The van der Waals surface area contributed by atoms with Crippen LogP contribution in [0.4, 0.5) is 0 Å². The SMILES string of the molecule is CC[C@@H]1CCCC[C@H]1NN. The molecule has 0 spiro atoms. The van der Waals surface area contributed by atoms with Gasteiger partial charge in [-0.25, -0.2) is 0 Å². The molecule has 3 N–H and O–H groups in total. The minimum absolute atomic E-state index is 0.596. The Morgan fingerprint density at radius 2 is 2.10 bits per heavy atom. The van der Waals surface area contributed by atoms with E-state index in [0.717, 1.165) is 5.92 Å². The van der Waals surface area contributed by atoms with E-state index in [2.05, 4.69) is 12.3 Å². The van der Waals surface area contributed by atoms with Crippen LogP contribution in [0.1, 0.15) is 39.0 Å². The summed E-state index contributed by atoms with van der Waals surface area (Å²) >= 11 is 0. The molecule has 0 aromatic rings. The van der Waals surface area contributed by atoms with E-state index in [1.807, 2.05) is 0 Å². The fourth-order valence-electron chi connectivity index (χ4n) is 1.92. The first-order chi connectivity index (χ1) is 4.88. The number of hydrogen-bond acceptors (Lipinski definition) is 2. The highest BCUT2D eigenvalue weighted by Gasteiger charge is 2.21. The number of rotatable bonds is 2. The summed E-state index contributed by atoms with van der Waals surface area (Å²) in [6, 6.07) is 0.596. The minimum atomic E-state index is 0.596. The molecule has 0 aromatic carbocycles. The lowest BCUT2D eigenvalue weighted by atomic mass is 9.83. The lowest BCUT2D eigenvalue weighted by molar-refractivity contribution is 0.258. The Balaban J connectivity index is 2.34. The summed E-state index contributed by atoms with van der Waals surface area (Å²) in [5.74, 6) is 6.25. The molecule has 2 atom stereocenters. The zero-order chi connectivity index (χ0) is 7.40. The molecular formula is C8H18N2. The molecule has 0 heterocycles. The maximum Gasteiger partial charge on any atom is 0.0238 e. The number of nitrogens with two attached hydrogens (primary N) is 1. The Hall–Kier alpha value is -0.0800. The second-order valence-corrected chi connectivity index (χ2v) is 3.23. The van der Waals surface area contributed by atoms with Crippen LogP contribution in [0.25, 0.3) is 0 Å². The molecule has 10 heavy (non-hydrogen) atoms. The molecule has 0 aliphatic heterocycles. The van der Waals surface area contributed by atoms with Crippen LogP contribution in [0.3, 0.4) is 0 Å². The van der Waals surface area contributed by atoms with Crippen LogP contribution in [-0.4, -0.2) is 6.04 Å². The molecule has 0 bridgehead atoms. The number of nitrogens with one attached hydrogen (secondary N) is 1. The molecule has 1 rings (SSSR count). The van der Waals surface area contributed by atoms with Crippen LogP contribution >= 0.6 is 0 Å². The fourth-order valence-corrected chi connectivity index (χ4v) is 1.92. The van der Waals surface area contributed by atoms with E-state index in [4.69, 9.17) is 5.84 Å². The normalized spacial score (nSPS) is 34.2. The van der Waals surface area contributed by atoms with Gasteiger partial charge in [0.1, 0.15) is 0 Å². The Kier molecular flexibility index (Phi) is 3.16. The molecule has 0 radical (unpaired) electrons. The van der Waals surface area contributed by atoms with Crippen molar-refractivity contribution in [2.75, 3.05) is 0 Å². The highest BCUT2D eigenvalue weighted by molar-refractivity contribution is 4.77. The molecule has 1 aliphatic rings. The van der Waals surface area contributed by atoms with Crippen LogP contribution < -0.4 is 11.3 Å². The van der Waals surface area contributed by atoms with E-state index in [0.29, 0.717) is 6.04 Å². The van der Waals surface area contributed by atoms with Crippen molar-refractivity contribution in [2.45, 2.75) is 45.1 Å². The molecule has 1 fully saturated rings. The monoisotopic (exact) mass is 142 g/mol. The van der Waals surface area contributed by atoms with Gasteiger partial charge in [0.25, 0.3) is 0 Å².